The topological polar surface area (TPSA) is 38.7 Å². The lowest BCUT2D eigenvalue weighted by Crippen LogP contribution is -2.16. The Bertz CT molecular complexity index is 409. The van der Waals surface area contributed by atoms with Crippen LogP contribution in [-0.2, 0) is 9.53 Å². The van der Waals surface area contributed by atoms with Gasteiger partial charge in [0.25, 0.3) is 5.91 Å². The van der Waals surface area contributed by atoms with Gasteiger partial charge in [-0.3, -0.25) is 4.79 Å². The standard InChI is InChI=1S/C12H11NO2/c1-2-6-10-11(14)13-12(15-10)9-7-4-3-5-8-9/h2-5,7-8,10H,1,6H2. The summed E-state index contributed by atoms with van der Waals surface area (Å²) >= 11 is 0. The molecule has 76 valence electrons. The third kappa shape index (κ3) is 1.96. The van der Waals surface area contributed by atoms with E-state index >= 15 is 0 Å². The molecule has 0 aromatic heterocycles. The first-order valence-corrected chi connectivity index (χ1v) is 4.77. The molecular formula is C12H11NO2. The van der Waals surface area contributed by atoms with E-state index in [0.29, 0.717) is 12.3 Å². The molecule has 1 atom stereocenters. The van der Waals surface area contributed by atoms with Crippen LogP contribution in [-0.4, -0.2) is 17.9 Å². The third-order valence-corrected chi connectivity index (χ3v) is 2.14. The first-order chi connectivity index (χ1) is 7.31. The second-order valence-corrected chi connectivity index (χ2v) is 3.25. The first kappa shape index (κ1) is 9.65. The molecule has 0 saturated heterocycles. The van der Waals surface area contributed by atoms with Gasteiger partial charge in [-0.2, -0.15) is 4.99 Å². The predicted octanol–water partition coefficient (Wildman–Crippen LogP) is 1.93. The van der Waals surface area contributed by atoms with Crippen LogP contribution >= 0.6 is 0 Å². The summed E-state index contributed by atoms with van der Waals surface area (Å²) in [7, 11) is 0. The zero-order valence-corrected chi connectivity index (χ0v) is 8.22. The molecule has 1 unspecified atom stereocenters. The van der Waals surface area contributed by atoms with Crippen molar-refractivity contribution in [2.75, 3.05) is 0 Å². The van der Waals surface area contributed by atoms with E-state index in [1.54, 1.807) is 6.08 Å². The predicted molar refractivity (Wildman–Crippen MR) is 57.7 cm³/mol. The normalized spacial score (nSPS) is 19.6. The summed E-state index contributed by atoms with van der Waals surface area (Å²) < 4.78 is 5.43. The molecule has 3 nitrogen and oxygen atoms in total. The number of ether oxygens (including phenoxy) is 1. The monoisotopic (exact) mass is 201 g/mol. The maximum absolute atomic E-state index is 11.4. The van der Waals surface area contributed by atoms with Crippen molar-refractivity contribution in [1.82, 2.24) is 0 Å². The number of aliphatic imine (C=N–C) groups is 1. The molecule has 0 spiro atoms. The highest BCUT2D eigenvalue weighted by molar-refractivity contribution is 6.07. The second kappa shape index (κ2) is 4.09. The Morgan fingerprint density at radius 2 is 2.13 bits per heavy atom. The minimum Gasteiger partial charge on any atom is -0.463 e. The van der Waals surface area contributed by atoms with Gasteiger partial charge < -0.3 is 4.74 Å². The van der Waals surface area contributed by atoms with Gasteiger partial charge in [0.15, 0.2) is 6.10 Å². The molecule has 1 amide bonds. The summed E-state index contributed by atoms with van der Waals surface area (Å²) in [6, 6.07) is 9.39. The fourth-order valence-corrected chi connectivity index (χ4v) is 1.40. The van der Waals surface area contributed by atoms with Gasteiger partial charge in [-0.25, -0.2) is 0 Å². The van der Waals surface area contributed by atoms with Crippen molar-refractivity contribution in [3.63, 3.8) is 0 Å². The van der Waals surface area contributed by atoms with Crippen molar-refractivity contribution in [2.45, 2.75) is 12.5 Å². The molecule has 3 heteroatoms. The van der Waals surface area contributed by atoms with Crippen LogP contribution in [0.4, 0.5) is 0 Å². The van der Waals surface area contributed by atoms with E-state index < -0.39 is 6.10 Å². The molecule has 1 aliphatic rings. The van der Waals surface area contributed by atoms with Gasteiger partial charge in [0.05, 0.1) is 0 Å². The van der Waals surface area contributed by atoms with Gasteiger partial charge in [-0.05, 0) is 12.1 Å². The first-order valence-electron chi connectivity index (χ1n) is 4.77. The lowest BCUT2D eigenvalue weighted by Gasteiger charge is -2.06. The third-order valence-electron chi connectivity index (χ3n) is 2.14. The van der Waals surface area contributed by atoms with E-state index in [0.717, 1.165) is 5.56 Å². The highest BCUT2D eigenvalue weighted by Crippen LogP contribution is 2.15. The summed E-state index contributed by atoms with van der Waals surface area (Å²) in [5.74, 6) is 0.182. The molecule has 0 radical (unpaired) electrons. The van der Waals surface area contributed by atoms with Crippen LogP contribution in [0.1, 0.15) is 12.0 Å². The number of amides is 1. The van der Waals surface area contributed by atoms with Crippen LogP contribution < -0.4 is 0 Å². The van der Waals surface area contributed by atoms with E-state index in [-0.39, 0.29) is 5.91 Å². The summed E-state index contributed by atoms with van der Waals surface area (Å²) in [6.07, 6.45) is 1.67. The van der Waals surface area contributed by atoms with Crippen LogP contribution in [0.3, 0.4) is 0 Å². The smallest absolute Gasteiger partial charge is 0.290 e. The van der Waals surface area contributed by atoms with Crippen LogP contribution in [0, 0.1) is 0 Å². The molecule has 1 aliphatic heterocycles. The van der Waals surface area contributed by atoms with Gasteiger partial charge in [0.1, 0.15) is 0 Å². The number of carbonyl (C=O) groups is 1. The molecule has 1 aromatic rings. The summed E-state index contributed by atoms with van der Waals surface area (Å²) in [5.41, 5.74) is 0.831. The minimum atomic E-state index is -0.488. The minimum absolute atomic E-state index is 0.228. The zero-order valence-electron chi connectivity index (χ0n) is 8.22. The highest BCUT2D eigenvalue weighted by atomic mass is 16.5. The quantitative estimate of drug-likeness (QED) is 0.701. The Morgan fingerprint density at radius 1 is 1.40 bits per heavy atom. The Balaban J connectivity index is 2.18. The maximum Gasteiger partial charge on any atom is 0.290 e. The molecule has 0 fully saturated rings. The van der Waals surface area contributed by atoms with Gasteiger partial charge >= 0.3 is 0 Å². The number of carbonyl (C=O) groups excluding carboxylic acids is 1. The lowest BCUT2D eigenvalue weighted by molar-refractivity contribution is -0.122. The van der Waals surface area contributed by atoms with Crippen molar-refractivity contribution < 1.29 is 9.53 Å². The van der Waals surface area contributed by atoms with E-state index in [1.807, 2.05) is 30.3 Å². The number of hydrogen-bond acceptors (Lipinski definition) is 2. The summed E-state index contributed by atoms with van der Waals surface area (Å²) in [5, 5.41) is 0. The van der Waals surface area contributed by atoms with Gasteiger partial charge in [0.2, 0.25) is 5.90 Å². The van der Waals surface area contributed by atoms with E-state index in [1.165, 1.54) is 0 Å². The van der Waals surface area contributed by atoms with Crippen LogP contribution in [0.25, 0.3) is 0 Å². The Labute approximate surface area is 88.1 Å². The maximum atomic E-state index is 11.4. The molecule has 1 aromatic carbocycles. The van der Waals surface area contributed by atoms with Gasteiger partial charge in [-0.15, -0.1) is 6.58 Å². The number of hydrogen-bond donors (Lipinski definition) is 0. The van der Waals surface area contributed by atoms with E-state index in [9.17, 15) is 4.79 Å². The second-order valence-electron chi connectivity index (χ2n) is 3.25. The molecule has 0 N–H and O–H groups in total. The number of rotatable bonds is 3. The SMILES string of the molecule is C=CCC1OC(c2ccccc2)=NC1=O. The fraction of sp³-hybridized carbons (Fsp3) is 0.167. The fourth-order valence-electron chi connectivity index (χ4n) is 1.40. The Morgan fingerprint density at radius 3 is 2.80 bits per heavy atom. The molecular weight excluding hydrogens is 190 g/mol. The molecule has 1 heterocycles. The van der Waals surface area contributed by atoms with Crippen LogP contribution in [0.5, 0.6) is 0 Å². The van der Waals surface area contributed by atoms with Crippen LogP contribution in [0.15, 0.2) is 48.0 Å². The molecule has 2 rings (SSSR count). The van der Waals surface area contributed by atoms with Crippen LogP contribution in [0.2, 0.25) is 0 Å². The summed E-state index contributed by atoms with van der Waals surface area (Å²) in [6.45, 7) is 3.57. The largest absolute Gasteiger partial charge is 0.463 e. The van der Waals surface area contributed by atoms with Crippen molar-refractivity contribution in [3.05, 3.63) is 48.6 Å². The van der Waals surface area contributed by atoms with E-state index in [4.69, 9.17) is 4.74 Å². The van der Waals surface area contributed by atoms with Gasteiger partial charge in [0, 0.05) is 12.0 Å². The van der Waals surface area contributed by atoms with E-state index in [2.05, 4.69) is 11.6 Å². The summed E-state index contributed by atoms with van der Waals surface area (Å²) in [4.78, 5) is 15.3. The zero-order chi connectivity index (χ0) is 10.7. The lowest BCUT2D eigenvalue weighted by atomic mass is 10.2. The molecule has 15 heavy (non-hydrogen) atoms. The average molecular weight is 201 g/mol. The highest BCUT2D eigenvalue weighted by Gasteiger charge is 2.28. The molecule has 0 aliphatic carbocycles. The Hall–Kier alpha value is -1.90. The van der Waals surface area contributed by atoms with Crippen molar-refractivity contribution in [1.29, 1.82) is 0 Å². The van der Waals surface area contributed by atoms with Gasteiger partial charge in [-0.1, -0.05) is 24.3 Å². The van der Waals surface area contributed by atoms with Crippen molar-refractivity contribution in [2.24, 2.45) is 4.99 Å². The number of nitrogens with zero attached hydrogens (tertiary/aromatic N) is 1. The molecule has 0 saturated carbocycles. The molecule has 0 bridgehead atoms. The average Bonchev–Trinajstić information content (AvgIpc) is 2.63. The Kier molecular flexibility index (Phi) is 2.63. The van der Waals surface area contributed by atoms with Crippen molar-refractivity contribution in [3.8, 4) is 0 Å². The van der Waals surface area contributed by atoms with Crippen molar-refractivity contribution >= 4 is 11.8 Å². The number of benzene rings is 1.